The van der Waals surface area contributed by atoms with Crippen LogP contribution in [0.5, 0.6) is 5.75 Å². The van der Waals surface area contributed by atoms with Crippen molar-refractivity contribution in [1.82, 2.24) is 5.01 Å². The molecule has 0 saturated carbocycles. The van der Waals surface area contributed by atoms with Crippen molar-refractivity contribution in [3.05, 3.63) is 99.3 Å². The lowest BCUT2D eigenvalue weighted by Crippen LogP contribution is -2.33. The molecule has 6 heteroatoms. The summed E-state index contributed by atoms with van der Waals surface area (Å²) in [6, 6.07) is 19.8. The van der Waals surface area contributed by atoms with Crippen LogP contribution in [0, 0.1) is 5.82 Å². The number of hydrogen-bond donors (Lipinski definition) is 0. The van der Waals surface area contributed by atoms with Crippen LogP contribution in [0.3, 0.4) is 0 Å². The predicted molar refractivity (Wildman–Crippen MR) is 108 cm³/mol. The summed E-state index contributed by atoms with van der Waals surface area (Å²) in [5.41, 5.74) is 3.54. The molecule has 140 valence electrons. The van der Waals surface area contributed by atoms with Crippen molar-refractivity contribution in [3.63, 3.8) is 0 Å². The van der Waals surface area contributed by atoms with E-state index >= 15 is 0 Å². The van der Waals surface area contributed by atoms with Gasteiger partial charge in [0.1, 0.15) is 11.6 Å². The summed E-state index contributed by atoms with van der Waals surface area (Å²) in [6.45, 7) is 0. The standard InChI is InChI=1S/C22H15Cl2FN2O/c23-14-7-5-13(6-8-14)19-12-20-16-3-1-2-4-21(16)28-22(27(20)26-19)17-11-15(25)9-10-18(17)24/h1-11,20,22H,12H2/t20-,22+/m0/s1. The van der Waals surface area contributed by atoms with E-state index in [4.69, 9.17) is 33.0 Å². The van der Waals surface area contributed by atoms with E-state index in [1.807, 2.05) is 53.5 Å². The van der Waals surface area contributed by atoms with Gasteiger partial charge in [-0.25, -0.2) is 9.40 Å². The maximum Gasteiger partial charge on any atom is 0.215 e. The Kier molecular flexibility index (Phi) is 4.26. The van der Waals surface area contributed by atoms with Crippen molar-refractivity contribution in [2.45, 2.75) is 18.7 Å². The number of fused-ring (bicyclic) bond motifs is 3. The van der Waals surface area contributed by atoms with Gasteiger partial charge in [-0.3, -0.25) is 0 Å². The van der Waals surface area contributed by atoms with Crippen molar-refractivity contribution < 1.29 is 9.13 Å². The minimum Gasteiger partial charge on any atom is -0.464 e. The number of rotatable bonds is 2. The van der Waals surface area contributed by atoms with Crippen LogP contribution in [0.4, 0.5) is 4.39 Å². The quantitative estimate of drug-likeness (QED) is 0.487. The lowest BCUT2D eigenvalue weighted by molar-refractivity contribution is -0.0191. The molecular weight excluding hydrogens is 398 g/mol. The molecule has 0 bridgehead atoms. The molecule has 0 amide bonds. The minimum atomic E-state index is -0.604. The third-order valence-electron chi connectivity index (χ3n) is 5.10. The Hall–Kier alpha value is -2.56. The monoisotopic (exact) mass is 412 g/mol. The molecular formula is C22H15Cl2FN2O. The molecule has 2 aliphatic heterocycles. The zero-order valence-corrected chi connectivity index (χ0v) is 16.2. The fourth-order valence-electron chi connectivity index (χ4n) is 3.76. The maximum atomic E-state index is 13.9. The van der Waals surface area contributed by atoms with Crippen LogP contribution in [-0.2, 0) is 0 Å². The van der Waals surface area contributed by atoms with E-state index in [9.17, 15) is 4.39 Å². The Bertz CT molecular complexity index is 1080. The molecule has 2 heterocycles. The molecule has 0 fully saturated rings. The average Bonchev–Trinajstić information content (AvgIpc) is 3.15. The maximum absolute atomic E-state index is 13.9. The third-order valence-corrected chi connectivity index (χ3v) is 5.70. The van der Waals surface area contributed by atoms with Crippen molar-refractivity contribution in [1.29, 1.82) is 0 Å². The van der Waals surface area contributed by atoms with Crippen LogP contribution in [0.25, 0.3) is 0 Å². The molecule has 3 aromatic rings. The van der Waals surface area contributed by atoms with Gasteiger partial charge in [0.15, 0.2) is 0 Å². The molecule has 0 aromatic heterocycles. The van der Waals surface area contributed by atoms with Crippen LogP contribution < -0.4 is 4.74 Å². The zero-order valence-electron chi connectivity index (χ0n) is 14.6. The van der Waals surface area contributed by atoms with Gasteiger partial charge in [-0.2, -0.15) is 5.10 Å². The molecule has 3 aromatic carbocycles. The van der Waals surface area contributed by atoms with Gasteiger partial charge in [0.25, 0.3) is 0 Å². The first kappa shape index (κ1) is 17.5. The van der Waals surface area contributed by atoms with Gasteiger partial charge in [0, 0.05) is 27.6 Å². The Labute approximate surface area is 172 Å². The first-order valence-corrected chi connectivity index (χ1v) is 9.68. The molecule has 0 aliphatic carbocycles. The number of hydrazone groups is 1. The first-order valence-electron chi connectivity index (χ1n) is 8.92. The van der Waals surface area contributed by atoms with E-state index in [2.05, 4.69) is 0 Å². The number of ether oxygens (including phenoxy) is 1. The molecule has 0 spiro atoms. The van der Waals surface area contributed by atoms with Gasteiger partial charge in [-0.05, 0) is 42.0 Å². The summed E-state index contributed by atoms with van der Waals surface area (Å²) in [5.74, 6) is 0.404. The minimum absolute atomic E-state index is 0.0139. The SMILES string of the molecule is Fc1ccc(Cl)c([C@H]2Oc3ccccc3[C@@H]3CC(c4ccc(Cl)cc4)=NN23)c1. The smallest absolute Gasteiger partial charge is 0.215 e. The van der Waals surface area contributed by atoms with Crippen LogP contribution in [0.15, 0.2) is 71.8 Å². The Balaban J connectivity index is 1.62. The number of nitrogens with zero attached hydrogens (tertiary/aromatic N) is 2. The third kappa shape index (κ3) is 2.93. The average molecular weight is 413 g/mol. The molecule has 2 aliphatic rings. The van der Waals surface area contributed by atoms with Gasteiger partial charge < -0.3 is 4.74 Å². The summed E-state index contributed by atoms with van der Waals surface area (Å²) >= 11 is 12.4. The second kappa shape index (κ2) is 6.80. The van der Waals surface area contributed by atoms with Gasteiger partial charge >= 0.3 is 0 Å². The summed E-state index contributed by atoms with van der Waals surface area (Å²) in [5, 5.41) is 7.84. The Morgan fingerprint density at radius 3 is 2.57 bits per heavy atom. The Morgan fingerprint density at radius 2 is 1.75 bits per heavy atom. The van der Waals surface area contributed by atoms with E-state index < -0.39 is 6.23 Å². The van der Waals surface area contributed by atoms with Crippen molar-refractivity contribution >= 4 is 28.9 Å². The van der Waals surface area contributed by atoms with E-state index in [1.54, 1.807) is 6.07 Å². The van der Waals surface area contributed by atoms with Crippen LogP contribution in [0.2, 0.25) is 10.0 Å². The zero-order chi connectivity index (χ0) is 19.3. The van der Waals surface area contributed by atoms with Crippen molar-refractivity contribution in [2.75, 3.05) is 0 Å². The molecule has 2 atom stereocenters. The number of benzene rings is 3. The normalized spacial score (nSPS) is 20.2. The molecule has 3 nitrogen and oxygen atoms in total. The molecule has 28 heavy (non-hydrogen) atoms. The number of halogens is 3. The van der Waals surface area contributed by atoms with Crippen LogP contribution >= 0.6 is 23.2 Å². The predicted octanol–water partition coefficient (Wildman–Crippen LogP) is 6.37. The summed E-state index contributed by atoms with van der Waals surface area (Å²) in [7, 11) is 0. The highest BCUT2D eigenvalue weighted by Crippen LogP contribution is 2.48. The molecule has 0 unspecified atom stereocenters. The second-order valence-electron chi connectivity index (χ2n) is 6.83. The fraction of sp³-hybridized carbons (Fsp3) is 0.136. The van der Waals surface area contributed by atoms with Gasteiger partial charge in [0.05, 0.1) is 11.8 Å². The van der Waals surface area contributed by atoms with Gasteiger partial charge in [-0.15, -0.1) is 0 Å². The molecule has 0 radical (unpaired) electrons. The highest BCUT2D eigenvalue weighted by Gasteiger charge is 2.41. The summed E-state index contributed by atoms with van der Waals surface area (Å²) in [4.78, 5) is 0. The fourth-order valence-corrected chi connectivity index (χ4v) is 4.10. The molecule has 0 N–H and O–H groups in total. The van der Waals surface area contributed by atoms with Gasteiger partial charge in [-0.1, -0.05) is 53.5 Å². The lowest BCUT2D eigenvalue weighted by atomic mass is 9.96. The topological polar surface area (TPSA) is 24.8 Å². The molecule has 0 saturated heterocycles. The highest BCUT2D eigenvalue weighted by molar-refractivity contribution is 6.31. The number of para-hydroxylation sites is 1. The van der Waals surface area contributed by atoms with Crippen LogP contribution in [-0.4, -0.2) is 10.7 Å². The van der Waals surface area contributed by atoms with E-state index in [0.717, 1.165) is 22.6 Å². The van der Waals surface area contributed by atoms with E-state index in [-0.39, 0.29) is 11.9 Å². The molecule has 5 rings (SSSR count). The Morgan fingerprint density at radius 1 is 0.964 bits per heavy atom. The van der Waals surface area contributed by atoms with Crippen molar-refractivity contribution in [3.8, 4) is 5.75 Å². The first-order chi connectivity index (χ1) is 13.6. The second-order valence-corrected chi connectivity index (χ2v) is 7.67. The lowest BCUT2D eigenvalue weighted by Gasteiger charge is -2.38. The summed E-state index contributed by atoms with van der Waals surface area (Å²) < 4.78 is 20.2. The summed E-state index contributed by atoms with van der Waals surface area (Å²) in [6.07, 6.45) is 0.110. The largest absolute Gasteiger partial charge is 0.464 e. The van der Waals surface area contributed by atoms with E-state index in [1.165, 1.54) is 12.1 Å². The van der Waals surface area contributed by atoms with E-state index in [0.29, 0.717) is 22.0 Å². The van der Waals surface area contributed by atoms with Crippen molar-refractivity contribution in [2.24, 2.45) is 5.10 Å². The number of hydrogen-bond acceptors (Lipinski definition) is 3. The van der Waals surface area contributed by atoms with Gasteiger partial charge in [0.2, 0.25) is 6.23 Å². The van der Waals surface area contributed by atoms with Crippen LogP contribution in [0.1, 0.15) is 35.4 Å². The highest BCUT2D eigenvalue weighted by atomic mass is 35.5.